The Morgan fingerprint density at radius 1 is 1.09 bits per heavy atom. The molecule has 1 saturated carbocycles. The summed E-state index contributed by atoms with van der Waals surface area (Å²) in [4.78, 5) is 12.3. The average Bonchev–Trinajstić information content (AvgIpc) is 2.92. The van der Waals surface area contributed by atoms with Gasteiger partial charge in [0.05, 0.1) is 0 Å². The van der Waals surface area contributed by atoms with E-state index in [9.17, 15) is 9.18 Å². The molecular formula is C18H19FN2O. The summed E-state index contributed by atoms with van der Waals surface area (Å²) in [5.41, 5.74) is 8.04. The topological polar surface area (TPSA) is 55.1 Å². The summed E-state index contributed by atoms with van der Waals surface area (Å²) < 4.78 is 13.3. The Labute approximate surface area is 129 Å². The van der Waals surface area contributed by atoms with Crippen LogP contribution in [0.1, 0.15) is 29.6 Å². The molecule has 1 fully saturated rings. The summed E-state index contributed by atoms with van der Waals surface area (Å²) in [6.07, 6.45) is 2.71. The van der Waals surface area contributed by atoms with Crippen molar-refractivity contribution in [2.24, 2.45) is 5.73 Å². The normalized spacial score (nSPS) is 20.8. The van der Waals surface area contributed by atoms with Crippen LogP contribution in [0.5, 0.6) is 0 Å². The first-order chi connectivity index (χ1) is 10.6. The third-order valence-corrected chi connectivity index (χ3v) is 4.09. The molecule has 3 rings (SSSR count). The van der Waals surface area contributed by atoms with Crippen molar-refractivity contribution >= 4 is 5.91 Å². The molecule has 2 aromatic carbocycles. The lowest BCUT2D eigenvalue weighted by Crippen LogP contribution is -2.34. The summed E-state index contributed by atoms with van der Waals surface area (Å²) in [6, 6.07) is 14.0. The number of carbonyl (C=O) groups is 1. The number of nitrogens with one attached hydrogen (secondary N) is 1. The number of nitrogens with two attached hydrogens (primary N) is 1. The largest absolute Gasteiger partial charge is 0.349 e. The van der Waals surface area contributed by atoms with Gasteiger partial charge in [-0.3, -0.25) is 4.79 Å². The number of hydrogen-bond acceptors (Lipinski definition) is 2. The van der Waals surface area contributed by atoms with E-state index >= 15 is 0 Å². The molecule has 3 nitrogen and oxygen atoms in total. The summed E-state index contributed by atoms with van der Waals surface area (Å²) in [6.45, 7) is 0. The standard InChI is InChI=1S/C18H19FN2O/c19-15-6-2-4-13(10-15)12-3-1-5-14(9-12)18(22)21-17-8-7-16(20)11-17/h1-6,9-10,16-17H,7-8,11,20H2,(H,21,22)/t16-,17-/m1/s1. The molecule has 1 amide bonds. The van der Waals surface area contributed by atoms with Crippen LogP contribution >= 0.6 is 0 Å². The molecule has 0 unspecified atom stereocenters. The van der Waals surface area contributed by atoms with Gasteiger partial charge in [-0.05, 0) is 54.7 Å². The molecule has 114 valence electrons. The summed E-state index contributed by atoms with van der Waals surface area (Å²) >= 11 is 0. The van der Waals surface area contributed by atoms with Crippen LogP contribution in [0, 0.1) is 5.82 Å². The Balaban J connectivity index is 1.77. The Bertz CT molecular complexity index is 686. The smallest absolute Gasteiger partial charge is 0.251 e. The third kappa shape index (κ3) is 3.34. The fourth-order valence-corrected chi connectivity index (χ4v) is 2.92. The van der Waals surface area contributed by atoms with Gasteiger partial charge >= 0.3 is 0 Å². The molecule has 22 heavy (non-hydrogen) atoms. The van der Waals surface area contributed by atoms with Gasteiger partial charge in [0.15, 0.2) is 0 Å². The zero-order valence-electron chi connectivity index (χ0n) is 12.3. The SMILES string of the molecule is N[C@@H]1CC[C@@H](NC(=O)c2cccc(-c3cccc(F)c3)c2)C1. The molecule has 1 aliphatic carbocycles. The molecule has 2 aromatic rings. The van der Waals surface area contributed by atoms with Crippen molar-refractivity contribution in [1.82, 2.24) is 5.32 Å². The maximum Gasteiger partial charge on any atom is 0.251 e. The van der Waals surface area contributed by atoms with Crippen molar-refractivity contribution in [3.63, 3.8) is 0 Å². The third-order valence-electron chi connectivity index (χ3n) is 4.09. The Morgan fingerprint density at radius 3 is 2.50 bits per heavy atom. The number of carbonyl (C=O) groups excluding carboxylic acids is 1. The number of benzene rings is 2. The van der Waals surface area contributed by atoms with Gasteiger partial charge in [0, 0.05) is 17.6 Å². The van der Waals surface area contributed by atoms with E-state index in [1.807, 2.05) is 18.2 Å². The summed E-state index contributed by atoms with van der Waals surface area (Å²) in [7, 11) is 0. The van der Waals surface area contributed by atoms with Crippen molar-refractivity contribution in [3.05, 3.63) is 59.9 Å². The molecule has 2 atom stereocenters. The maximum atomic E-state index is 13.3. The Hall–Kier alpha value is -2.20. The highest BCUT2D eigenvalue weighted by molar-refractivity contribution is 5.95. The molecule has 0 radical (unpaired) electrons. The molecular weight excluding hydrogens is 279 g/mol. The lowest BCUT2D eigenvalue weighted by Gasteiger charge is -2.13. The van der Waals surface area contributed by atoms with Crippen molar-refractivity contribution < 1.29 is 9.18 Å². The van der Waals surface area contributed by atoms with Crippen molar-refractivity contribution in [2.45, 2.75) is 31.3 Å². The van der Waals surface area contributed by atoms with Crippen LogP contribution in [0.15, 0.2) is 48.5 Å². The average molecular weight is 298 g/mol. The van der Waals surface area contributed by atoms with E-state index in [-0.39, 0.29) is 23.8 Å². The Kier molecular flexibility index (Phi) is 4.20. The van der Waals surface area contributed by atoms with Crippen LogP contribution in [0.25, 0.3) is 11.1 Å². The molecule has 1 aliphatic rings. The van der Waals surface area contributed by atoms with Crippen LogP contribution < -0.4 is 11.1 Å². The van der Waals surface area contributed by atoms with Gasteiger partial charge in [0.2, 0.25) is 0 Å². The van der Waals surface area contributed by atoms with Gasteiger partial charge in [0.1, 0.15) is 5.82 Å². The molecule has 4 heteroatoms. The van der Waals surface area contributed by atoms with E-state index in [0.29, 0.717) is 5.56 Å². The van der Waals surface area contributed by atoms with Crippen LogP contribution in [0.2, 0.25) is 0 Å². The molecule has 0 saturated heterocycles. The minimum absolute atomic E-state index is 0.0997. The number of rotatable bonds is 3. The number of amides is 1. The van der Waals surface area contributed by atoms with Crippen LogP contribution in [0.3, 0.4) is 0 Å². The molecule has 0 aliphatic heterocycles. The van der Waals surface area contributed by atoms with E-state index in [0.717, 1.165) is 30.4 Å². The predicted molar refractivity (Wildman–Crippen MR) is 84.9 cm³/mol. The number of hydrogen-bond donors (Lipinski definition) is 2. The molecule has 3 N–H and O–H groups in total. The first-order valence-electron chi connectivity index (χ1n) is 7.54. The highest BCUT2D eigenvalue weighted by Crippen LogP contribution is 2.22. The first-order valence-corrected chi connectivity index (χ1v) is 7.54. The second kappa shape index (κ2) is 6.28. The summed E-state index contributed by atoms with van der Waals surface area (Å²) in [5, 5.41) is 3.02. The minimum atomic E-state index is -0.285. The maximum absolute atomic E-state index is 13.3. The van der Waals surface area contributed by atoms with Crippen LogP contribution in [0.4, 0.5) is 4.39 Å². The van der Waals surface area contributed by atoms with Crippen molar-refractivity contribution in [1.29, 1.82) is 0 Å². The van der Waals surface area contributed by atoms with Gasteiger partial charge in [-0.1, -0.05) is 24.3 Å². The van der Waals surface area contributed by atoms with E-state index in [4.69, 9.17) is 5.73 Å². The van der Waals surface area contributed by atoms with Gasteiger partial charge < -0.3 is 11.1 Å². The summed E-state index contributed by atoms with van der Waals surface area (Å²) in [5.74, 6) is -0.385. The zero-order chi connectivity index (χ0) is 15.5. The van der Waals surface area contributed by atoms with E-state index in [1.165, 1.54) is 12.1 Å². The molecule has 0 heterocycles. The van der Waals surface area contributed by atoms with Crippen LogP contribution in [-0.2, 0) is 0 Å². The lowest BCUT2D eigenvalue weighted by molar-refractivity contribution is 0.0937. The van der Waals surface area contributed by atoms with E-state index in [1.54, 1.807) is 18.2 Å². The Morgan fingerprint density at radius 2 is 1.82 bits per heavy atom. The minimum Gasteiger partial charge on any atom is -0.349 e. The predicted octanol–water partition coefficient (Wildman–Crippen LogP) is 3.10. The van der Waals surface area contributed by atoms with Gasteiger partial charge in [-0.15, -0.1) is 0 Å². The molecule has 0 spiro atoms. The second-order valence-corrected chi connectivity index (χ2v) is 5.83. The van der Waals surface area contributed by atoms with Crippen molar-refractivity contribution in [3.8, 4) is 11.1 Å². The first kappa shape index (κ1) is 14.7. The van der Waals surface area contributed by atoms with Gasteiger partial charge in [0.25, 0.3) is 5.91 Å². The fourth-order valence-electron chi connectivity index (χ4n) is 2.92. The zero-order valence-corrected chi connectivity index (χ0v) is 12.3. The second-order valence-electron chi connectivity index (χ2n) is 5.83. The fraction of sp³-hybridized carbons (Fsp3) is 0.278. The number of halogens is 1. The van der Waals surface area contributed by atoms with E-state index < -0.39 is 0 Å². The lowest BCUT2D eigenvalue weighted by atomic mass is 10.0. The monoisotopic (exact) mass is 298 g/mol. The van der Waals surface area contributed by atoms with E-state index in [2.05, 4.69) is 5.32 Å². The van der Waals surface area contributed by atoms with Crippen molar-refractivity contribution in [2.75, 3.05) is 0 Å². The highest BCUT2D eigenvalue weighted by Gasteiger charge is 2.23. The van der Waals surface area contributed by atoms with Gasteiger partial charge in [-0.2, -0.15) is 0 Å². The van der Waals surface area contributed by atoms with Gasteiger partial charge in [-0.25, -0.2) is 4.39 Å². The molecule has 0 bridgehead atoms. The van der Waals surface area contributed by atoms with Crippen LogP contribution in [-0.4, -0.2) is 18.0 Å². The molecule has 0 aromatic heterocycles. The quantitative estimate of drug-likeness (QED) is 0.915. The highest BCUT2D eigenvalue weighted by atomic mass is 19.1.